The molecule has 1 aliphatic heterocycles. The first kappa shape index (κ1) is 20.4. The maximum absolute atomic E-state index is 12.5. The zero-order chi connectivity index (χ0) is 18.9. The van der Waals surface area contributed by atoms with Crippen LogP contribution in [0.2, 0.25) is 0 Å². The van der Waals surface area contributed by atoms with E-state index in [1.54, 1.807) is 17.5 Å². The number of carboxylic acids is 1. The van der Waals surface area contributed by atoms with Crippen molar-refractivity contribution >= 4 is 36.0 Å². The molecule has 1 amide bonds. The predicted octanol–water partition coefficient (Wildman–Crippen LogP) is 0.00940. The van der Waals surface area contributed by atoms with Gasteiger partial charge in [0, 0.05) is 12.5 Å². The molecular formula is C15H21BN2O7S. The number of hydrogen-bond donors (Lipinski definition) is 4. The molecule has 0 spiro atoms. The third kappa shape index (κ3) is 6.09. The number of nitrogens with one attached hydrogen (secondary N) is 1. The normalized spacial score (nSPS) is 20.7. The van der Waals surface area contributed by atoms with Crippen molar-refractivity contribution in [3.63, 3.8) is 0 Å². The van der Waals surface area contributed by atoms with Crippen molar-refractivity contribution in [1.29, 1.82) is 0 Å². The minimum absolute atomic E-state index is 0.0359. The summed E-state index contributed by atoms with van der Waals surface area (Å²) in [6.45, 7) is -0.266. The molecule has 1 aliphatic rings. The van der Waals surface area contributed by atoms with E-state index in [4.69, 9.17) is 19.7 Å². The number of aliphatic hydroxyl groups is 1. The molecule has 26 heavy (non-hydrogen) atoms. The van der Waals surface area contributed by atoms with Crippen LogP contribution >= 0.6 is 11.3 Å². The maximum Gasteiger partial charge on any atom is 0.478 e. The van der Waals surface area contributed by atoms with E-state index < -0.39 is 24.9 Å². The second-order valence-corrected chi connectivity index (χ2v) is 6.66. The highest BCUT2D eigenvalue weighted by Gasteiger charge is 2.37. The van der Waals surface area contributed by atoms with E-state index >= 15 is 0 Å². The van der Waals surface area contributed by atoms with Gasteiger partial charge in [-0.3, -0.25) is 9.59 Å². The lowest BCUT2D eigenvalue weighted by Gasteiger charge is -2.31. The van der Waals surface area contributed by atoms with E-state index in [0.29, 0.717) is 24.1 Å². The summed E-state index contributed by atoms with van der Waals surface area (Å²) in [7, 11) is -1.23. The van der Waals surface area contributed by atoms with Crippen LogP contribution in [0.5, 0.6) is 0 Å². The smallest absolute Gasteiger partial charge is 0.478 e. The lowest BCUT2D eigenvalue weighted by atomic mass is 9.72. The van der Waals surface area contributed by atoms with Crippen molar-refractivity contribution < 1.29 is 34.3 Å². The van der Waals surface area contributed by atoms with Crippen LogP contribution in [-0.2, 0) is 19.1 Å². The number of oxime groups is 1. The van der Waals surface area contributed by atoms with Crippen molar-refractivity contribution in [2.45, 2.75) is 37.7 Å². The number of hydrogen-bond acceptors (Lipinski definition) is 8. The Kier molecular flexibility index (Phi) is 8.04. The summed E-state index contributed by atoms with van der Waals surface area (Å²) in [5.41, 5.74) is 0.0497. The number of aliphatic carboxylic acids is 1. The Balaban J connectivity index is 1.94. The van der Waals surface area contributed by atoms with Crippen molar-refractivity contribution in [3.8, 4) is 0 Å². The zero-order valence-electron chi connectivity index (χ0n) is 14.0. The van der Waals surface area contributed by atoms with Crippen LogP contribution < -0.4 is 5.32 Å². The second-order valence-electron chi connectivity index (χ2n) is 5.71. The largest absolute Gasteiger partial charge is 0.481 e. The number of rotatable bonds is 9. The standard InChI is InChI=1S/C15H21BN2O7S/c19-7-8-24-18-14(11-2-1-9-26-11)15(22)17-12-5-3-10(25-16(12)23)4-6-13(20)21/h1-2,9-10,12,19,23H,3-8H2,(H,17,22)(H,20,21)/b18-14-/t10-,12-/m0/s1. The molecule has 2 atom stereocenters. The molecule has 0 aromatic carbocycles. The fraction of sp³-hybridized carbons (Fsp3) is 0.533. The monoisotopic (exact) mass is 384 g/mol. The van der Waals surface area contributed by atoms with E-state index in [0.717, 1.165) is 0 Å². The second kappa shape index (κ2) is 10.3. The highest BCUT2D eigenvalue weighted by atomic mass is 32.1. The molecule has 0 radical (unpaired) electrons. The third-order valence-corrected chi connectivity index (χ3v) is 4.66. The van der Waals surface area contributed by atoms with Gasteiger partial charge in [0.2, 0.25) is 0 Å². The first-order chi connectivity index (χ1) is 12.5. The van der Waals surface area contributed by atoms with Gasteiger partial charge in [0.1, 0.15) is 6.61 Å². The van der Waals surface area contributed by atoms with Gasteiger partial charge in [0.25, 0.3) is 5.91 Å². The van der Waals surface area contributed by atoms with Gasteiger partial charge in [-0.2, -0.15) is 0 Å². The summed E-state index contributed by atoms with van der Waals surface area (Å²) in [4.78, 5) is 28.6. The Morgan fingerprint density at radius 1 is 1.46 bits per heavy atom. The number of thiophene rings is 1. The molecule has 142 valence electrons. The highest BCUT2D eigenvalue weighted by molar-refractivity contribution is 7.13. The Hall–Kier alpha value is -1.95. The van der Waals surface area contributed by atoms with Gasteiger partial charge in [-0.05, 0) is 30.7 Å². The van der Waals surface area contributed by atoms with Gasteiger partial charge in [0.15, 0.2) is 5.71 Å². The Bertz CT molecular complexity index is 626. The molecule has 0 bridgehead atoms. The average molecular weight is 384 g/mol. The van der Waals surface area contributed by atoms with Crippen molar-refractivity contribution in [1.82, 2.24) is 5.32 Å². The maximum atomic E-state index is 12.5. The van der Waals surface area contributed by atoms with Crippen LogP contribution in [0.3, 0.4) is 0 Å². The predicted molar refractivity (Wildman–Crippen MR) is 94.8 cm³/mol. The molecule has 9 nitrogen and oxygen atoms in total. The minimum Gasteiger partial charge on any atom is -0.481 e. The third-order valence-electron chi connectivity index (χ3n) is 3.78. The summed E-state index contributed by atoms with van der Waals surface area (Å²) in [5, 5.41) is 35.8. The van der Waals surface area contributed by atoms with E-state index in [1.807, 2.05) is 0 Å². The van der Waals surface area contributed by atoms with Crippen molar-refractivity contribution in [2.24, 2.45) is 5.16 Å². The zero-order valence-corrected chi connectivity index (χ0v) is 14.9. The van der Waals surface area contributed by atoms with E-state index in [-0.39, 0.29) is 31.5 Å². The molecule has 1 fully saturated rings. The van der Waals surface area contributed by atoms with Crippen LogP contribution in [0.25, 0.3) is 0 Å². The fourth-order valence-corrected chi connectivity index (χ4v) is 3.21. The SMILES string of the molecule is O=C(O)CC[C@@H]1CC[C@H](NC(=O)/C(=N\OCCO)c2cccs2)B(O)O1. The molecule has 1 saturated heterocycles. The average Bonchev–Trinajstić information content (AvgIpc) is 3.13. The molecule has 1 aromatic rings. The van der Waals surface area contributed by atoms with Crippen LogP contribution in [0.15, 0.2) is 22.7 Å². The first-order valence-electron chi connectivity index (χ1n) is 8.22. The molecule has 2 rings (SSSR count). The van der Waals surface area contributed by atoms with Gasteiger partial charge < -0.3 is 30.0 Å². The quantitative estimate of drug-likeness (QED) is 0.204. The van der Waals surface area contributed by atoms with Crippen LogP contribution in [0.1, 0.15) is 30.6 Å². The molecule has 2 heterocycles. The summed E-state index contributed by atoms with van der Waals surface area (Å²) in [6, 6.07) is 3.47. The van der Waals surface area contributed by atoms with Gasteiger partial charge in [-0.15, -0.1) is 11.3 Å². The summed E-state index contributed by atoms with van der Waals surface area (Å²) < 4.78 is 5.40. The molecule has 0 unspecified atom stereocenters. The van der Waals surface area contributed by atoms with Gasteiger partial charge in [0.05, 0.1) is 17.4 Å². The number of nitrogens with zero attached hydrogens (tertiary/aromatic N) is 1. The molecule has 0 aliphatic carbocycles. The van der Waals surface area contributed by atoms with E-state index in [1.165, 1.54) is 11.3 Å². The van der Waals surface area contributed by atoms with Gasteiger partial charge in [-0.1, -0.05) is 11.2 Å². The minimum atomic E-state index is -1.23. The number of aliphatic hydroxyl groups excluding tert-OH is 1. The van der Waals surface area contributed by atoms with Crippen molar-refractivity contribution in [3.05, 3.63) is 22.4 Å². The highest BCUT2D eigenvalue weighted by Crippen LogP contribution is 2.20. The Morgan fingerprint density at radius 2 is 2.27 bits per heavy atom. The summed E-state index contributed by atoms with van der Waals surface area (Å²) in [6.07, 6.45) is 0.900. The number of amides is 1. The Labute approximate surface area is 154 Å². The Morgan fingerprint density at radius 3 is 2.88 bits per heavy atom. The van der Waals surface area contributed by atoms with Crippen LogP contribution in [0.4, 0.5) is 0 Å². The molecule has 0 saturated carbocycles. The fourth-order valence-electron chi connectivity index (χ4n) is 2.51. The molecule has 11 heteroatoms. The number of carbonyl (C=O) groups excluding carboxylic acids is 1. The van der Waals surface area contributed by atoms with Crippen LogP contribution in [-0.4, -0.2) is 65.2 Å². The van der Waals surface area contributed by atoms with E-state index in [9.17, 15) is 14.6 Å². The molecule has 1 aromatic heterocycles. The summed E-state index contributed by atoms with van der Waals surface area (Å²) >= 11 is 1.31. The lowest BCUT2D eigenvalue weighted by Crippen LogP contribution is -2.54. The first-order valence-corrected chi connectivity index (χ1v) is 9.10. The number of carbonyl (C=O) groups is 2. The van der Waals surface area contributed by atoms with E-state index in [2.05, 4.69) is 10.5 Å². The van der Waals surface area contributed by atoms with Gasteiger partial charge in [-0.25, -0.2) is 0 Å². The molecule has 4 N–H and O–H groups in total. The van der Waals surface area contributed by atoms with Crippen molar-refractivity contribution in [2.75, 3.05) is 13.2 Å². The summed E-state index contributed by atoms with van der Waals surface area (Å²) in [5.74, 6) is -2.08. The lowest BCUT2D eigenvalue weighted by molar-refractivity contribution is -0.137. The van der Waals surface area contributed by atoms with Crippen LogP contribution in [0, 0.1) is 0 Å². The topological polar surface area (TPSA) is 138 Å². The van der Waals surface area contributed by atoms with Gasteiger partial charge >= 0.3 is 13.1 Å². The molecular weight excluding hydrogens is 363 g/mol. The number of carboxylic acid groups (broad SMARTS) is 1.